The van der Waals surface area contributed by atoms with E-state index in [0.717, 1.165) is 22.8 Å². The number of methoxy groups -OCH3 is 1. The first-order valence-electron chi connectivity index (χ1n) is 7.72. The van der Waals surface area contributed by atoms with Crippen LogP contribution in [-0.4, -0.2) is 52.3 Å². The van der Waals surface area contributed by atoms with E-state index in [2.05, 4.69) is 5.10 Å². The number of amides is 1. The Balaban J connectivity index is 2.04. The largest absolute Gasteiger partial charge is 0.481 e. The molecule has 0 saturated carbocycles. The molecule has 2 heterocycles. The van der Waals surface area contributed by atoms with Gasteiger partial charge in [-0.25, -0.2) is 4.68 Å². The fourth-order valence-corrected chi connectivity index (χ4v) is 3.42. The van der Waals surface area contributed by atoms with E-state index in [0.29, 0.717) is 19.0 Å². The molecule has 1 aliphatic rings. The van der Waals surface area contributed by atoms with E-state index < -0.39 is 5.43 Å². The molecule has 0 bridgehead atoms. The van der Waals surface area contributed by atoms with Crippen LogP contribution in [0.1, 0.15) is 16.1 Å². The lowest BCUT2D eigenvalue weighted by Gasteiger charge is -2.26. The standard InChI is InChI=1S/C17H19N3O3S/c1-12-3-5-13(6-4-12)20-15(23-2)11-14(21)16(18-20)17(22)19-7-9-24-10-8-19/h3-6,11H,7-10H2,1-2H3. The number of rotatable bonds is 3. The summed E-state index contributed by atoms with van der Waals surface area (Å²) in [7, 11) is 1.48. The van der Waals surface area contributed by atoms with E-state index in [1.807, 2.05) is 31.2 Å². The molecule has 24 heavy (non-hydrogen) atoms. The highest BCUT2D eigenvalue weighted by molar-refractivity contribution is 7.99. The number of aromatic nitrogens is 2. The van der Waals surface area contributed by atoms with E-state index in [1.165, 1.54) is 17.9 Å². The number of nitrogens with zero attached hydrogens (tertiary/aromatic N) is 3. The highest BCUT2D eigenvalue weighted by Gasteiger charge is 2.24. The maximum absolute atomic E-state index is 12.7. The van der Waals surface area contributed by atoms with Gasteiger partial charge in [0.15, 0.2) is 5.69 Å². The Hall–Kier alpha value is -2.28. The molecule has 1 amide bonds. The van der Waals surface area contributed by atoms with Crippen LogP contribution in [0.25, 0.3) is 5.69 Å². The molecule has 0 unspecified atom stereocenters. The van der Waals surface area contributed by atoms with Crippen LogP contribution in [0.5, 0.6) is 5.88 Å². The zero-order valence-corrected chi connectivity index (χ0v) is 14.5. The van der Waals surface area contributed by atoms with Crippen molar-refractivity contribution in [3.05, 3.63) is 51.8 Å². The summed E-state index contributed by atoms with van der Waals surface area (Å²) in [6.45, 7) is 3.27. The molecule has 1 aromatic carbocycles. The molecule has 7 heteroatoms. The SMILES string of the molecule is COc1cc(=O)c(C(=O)N2CCSCC2)nn1-c1ccc(C)cc1. The number of ether oxygens (including phenoxy) is 1. The van der Waals surface area contributed by atoms with Crippen molar-refractivity contribution < 1.29 is 9.53 Å². The number of carbonyl (C=O) groups excluding carboxylic acids is 1. The first kappa shape index (κ1) is 16.6. The van der Waals surface area contributed by atoms with Gasteiger partial charge < -0.3 is 9.64 Å². The second-order valence-electron chi connectivity index (χ2n) is 5.55. The van der Waals surface area contributed by atoms with Gasteiger partial charge in [0.25, 0.3) is 5.91 Å². The first-order valence-corrected chi connectivity index (χ1v) is 8.88. The van der Waals surface area contributed by atoms with E-state index in [4.69, 9.17) is 4.74 Å². The molecule has 126 valence electrons. The van der Waals surface area contributed by atoms with Gasteiger partial charge in [0.2, 0.25) is 11.3 Å². The summed E-state index contributed by atoms with van der Waals surface area (Å²) in [4.78, 5) is 26.7. The number of carbonyl (C=O) groups is 1. The molecular weight excluding hydrogens is 326 g/mol. The molecule has 0 aliphatic carbocycles. The highest BCUT2D eigenvalue weighted by atomic mass is 32.2. The van der Waals surface area contributed by atoms with Crippen LogP contribution in [0.4, 0.5) is 0 Å². The van der Waals surface area contributed by atoms with Crippen LogP contribution in [0.2, 0.25) is 0 Å². The molecule has 0 radical (unpaired) electrons. The van der Waals surface area contributed by atoms with Crippen LogP contribution in [-0.2, 0) is 0 Å². The minimum atomic E-state index is -0.418. The topological polar surface area (TPSA) is 64.4 Å². The minimum Gasteiger partial charge on any atom is -0.481 e. The summed E-state index contributed by atoms with van der Waals surface area (Å²) in [5, 5.41) is 4.30. The molecule has 1 saturated heterocycles. The monoisotopic (exact) mass is 345 g/mol. The van der Waals surface area contributed by atoms with Gasteiger partial charge >= 0.3 is 0 Å². The predicted molar refractivity (Wildman–Crippen MR) is 94.4 cm³/mol. The maximum atomic E-state index is 12.7. The van der Waals surface area contributed by atoms with Crippen molar-refractivity contribution in [2.45, 2.75) is 6.92 Å². The summed E-state index contributed by atoms with van der Waals surface area (Å²) >= 11 is 1.81. The van der Waals surface area contributed by atoms with E-state index in [9.17, 15) is 9.59 Å². The second kappa shape index (κ2) is 7.09. The summed E-state index contributed by atoms with van der Waals surface area (Å²) in [6, 6.07) is 8.96. The maximum Gasteiger partial charge on any atom is 0.278 e. The molecule has 1 aromatic heterocycles. The lowest BCUT2D eigenvalue weighted by molar-refractivity contribution is 0.0762. The third-order valence-electron chi connectivity index (χ3n) is 3.89. The molecule has 0 N–H and O–H groups in total. The molecule has 2 aromatic rings. The number of benzene rings is 1. The fourth-order valence-electron chi connectivity index (χ4n) is 2.52. The van der Waals surface area contributed by atoms with E-state index in [1.54, 1.807) is 16.7 Å². The lowest BCUT2D eigenvalue weighted by Crippen LogP contribution is -2.41. The van der Waals surface area contributed by atoms with Crippen LogP contribution in [0, 0.1) is 6.92 Å². The van der Waals surface area contributed by atoms with Gasteiger partial charge in [-0.3, -0.25) is 9.59 Å². The number of hydrogen-bond donors (Lipinski definition) is 0. The average Bonchev–Trinajstić information content (AvgIpc) is 2.62. The second-order valence-corrected chi connectivity index (χ2v) is 6.78. The van der Waals surface area contributed by atoms with Crippen LogP contribution < -0.4 is 10.2 Å². The van der Waals surface area contributed by atoms with Crippen LogP contribution >= 0.6 is 11.8 Å². The Bertz CT molecular complexity index is 796. The number of aryl methyl sites for hydroxylation is 1. The lowest BCUT2D eigenvalue weighted by atomic mass is 10.2. The van der Waals surface area contributed by atoms with Crippen molar-refractivity contribution in [2.24, 2.45) is 0 Å². The van der Waals surface area contributed by atoms with Gasteiger partial charge in [0.05, 0.1) is 18.9 Å². The Labute approximate surface area is 144 Å². The van der Waals surface area contributed by atoms with Gasteiger partial charge in [-0.1, -0.05) is 17.7 Å². The Kier molecular flexibility index (Phi) is 4.89. The third-order valence-corrected chi connectivity index (χ3v) is 4.83. The van der Waals surface area contributed by atoms with Gasteiger partial charge in [-0.05, 0) is 19.1 Å². The Morgan fingerprint density at radius 1 is 1.21 bits per heavy atom. The van der Waals surface area contributed by atoms with Crippen molar-refractivity contribution in [2.75, 3.05) is 31.7 Å². The third kappa shape index (κ3) is 3.31. The van der Waals surface area contributed by atoms with Gasteiger partial charge in [-0.15, -0.1) is 0 Å². The molecular formula is C17H19N3O3S. The first-order chi connectivity index (χ1) is 11.6. The molecule has 0 spiro atoms. The summed E-state index contributed by atoms with van der Waals surface area (Å²) in [5.74, 6) is 1.75. The molecule has 0 atom stereocenters. The average molecular weight is 345 g/mol. The molecule has 6 nitrogen and oxygen atoms in total. The van der Waals surface area contributed by atoms with Crippen molar-refractivity contribution in [1.82, 2.24) is 14.7 Å². The normalized spacial score (nSPS) is 14.5. The molecule has 1 fully saturated rings. The van der Waals surface area contributed by atoms with Gasteiger partial charge in [-0.2, -0.15) is 16.9 Å². The highest BCUT2D eigenvalue weighted by Crippen LogP contribution is 2.17. The summed E-state index contributed by atoms with van der Waals surface area (Å²) in [5.41, 5.74) is 1.36. The zero-order chi connectivity index (χ0) is 17.1. The zero-order valence-electron chi connectivity index (χ0n) is 13.7. The van der Waals surface area contributed by atoms with Crippen molar-refractivity contribution in [3.8, 4) is 11.6 Å². The van der Waals surface area contributed by atoms with Crippen LogP contribution in [0.15, 0.2) is 35.1 Å². The Morgan fingerprint density at radius 3 is 2.50 bits per heavy atom. The van der Waals surface area contributed by atoms with Gasteiger partial charge in [0.1, 0.15) is 0 Å². The van der Waals surface area contributed by atoms with E-state index in [-0.39, 0.29) is 11.6 Å². The fraction of sp³-hybridized carbons (Fsp3) is 0.353. The van der Waals surface area contributed by atoms with Crippen molar-refractivity contribution >= 4 is 17.7 Å². The van der Waals surface area contributed by atoms with E-state index >= 15 is 0 Å². The quantitative estimate of drug-likeness (QED) is 0.848. The van der Waals surface area contributed by atoms with Crippen LogP contribution in [0.3, 0.4) is 0 Å². The Morgan fingerprint density at radius 2 is 1.88 bits per heavy atom. The van der Waals surface area contributed by atoms with Crippen molar-refractivity contribution in [1.29, 1.82) is 0 Å². The number of hydrogen-bond acceptors (Lipinski definition) is 5. The predicted octanol–water partition coefficient (Wildman–Crippen LogP) is 1.74. The summed E-state index contributed by atoms with van der Waals surface area (Å²) in [6.07, 6.45) is 0. The molecule has 1 aliphatic heterocycles. The molecule has 3 rings (SSSR count). The minimum absolute atomic E-state index is 0.0664. The van der Waals surface area contributed by atoms with Gasteiger partial charge in [0, 0.05) is 24.6 Å². The number of thioether (sulfide) groups is 1. The summed E-state index contributed by atoms with van der Waals surface area (Å²) < 4.78 is 6.76. The smallest absolute Gasteiger partial charge is 0.278 e. The van der Waals surface area contributed by atoms with Crippen molar-refractivity contribution in [3.63, 3.8) is 0 Å².